The van der Waals surface area contributed by atoms with Gasteiger partial charge in [0.25, 0.3) is 0 Å². The lowest BCUT2D eigenvalue weighted by Crippen LogP contribution is -2.46. The Hall–Kier alpha value is -1.66. The molecule has 0 aromatic heterocycles. The van der Waals surface area contributed by atoms with Crippen LogP contribution in [0, 0.1) is 0 Å². The lowest BCUT2D eigenvalue weighted by Gasteiger charge is -2.24. The van der Waals surface area contributed by atoms with Gasteiger partial charge in [-0.15, -0.1) is 0 Å². The van der Waals surface area contributed by atoms with Crippen LogP contribution in [0.5, 0.6) is 0 Å². The van der Waals surface area contributed by atoms with Crippen molar-refractivity contribution in [2.45, 2.75) is 334 Å². The van der Waals surface area contributed by atoms with Gasteiger partial charge in [0.15, 0.2) is 0 Å². The number of hydrogen-bond acceptors (Lipinski definition) is 5. The molecule has 6 heteroatoms. The van der Waals surface area contributed by atoms with E-state index in [9.17, 15) is 19.8 Å². The third-order valence-corrected chi connectivity index (χ3v) is 13.6. The average Bonchev–Trinajstić information content (AvgIpc) is 3.30. The van der Waals surface area contributed by atoms with Crippen LogP contribution in [0.1, 0.15) is 316 Å². The van der Waals surface area contributed by atoms with Crippen LogP contribution in [-0.2, 0) is 14.3 Å². The molecule has 6 nitrogen and oxygen atoms in total. The molecule has 65 heavy (non-hydrogen) atoms. The number of aliphatic hydroxyl groups is 2. The second-order valence-corrected chi connectivity index (χ2v) is 20.1. The number of esters is 1. The second-order valence-electron chi connectivity index (χ2n) is 20.1. The molecule has 0 spiro atoms. The van der Waals surface area contributed by atoms with Crippen LogP contribution >= 0.6 is 0 Å². The minimum Gasteiger partial charge on any atom is -0.462 e. The van der Waals surface area contributed by atoms with E-state index < -0.39 is 18.2 Å². The van der Waals surface area contributed by atoms with Crippen molar-refractivity contribution < 1.29 is 24.5 Å². The van der Waals surface area contributed by atoms with Gasteiger partial charge >= 0.3 is 5.97 Å². The molecule has 3 atom stereocenters. The molecule has 0 radical (unpaired) electrons. The van der Waals surface area contributed by atoms with Crippen molar-refractivity contribution in [2.24, 2.45) is 0 Å². The maximum absolute atomic E-state index is 13.3. The normalized spacial score (nSPS) is 13.2. The first-order valence-electron chi connectivity index (χ1n) is 29.1. The summed E-state index contributed by atoms with van der Waals surface area (Å²) in [6.07, 6.45) is 62.4. The third kappa shape index (κ3) is 48.6. The molecular formula is C59H113NO5. The van der Waals surface area contributed by atoms with E-state index in [0.717, 1.165) is 57.8 Å². The minimum atomic E-state index is -0.788. The molecule has 0 aromatic carbocycles. The van der Waals surface area contributed by atoms with E-state index in [1.54, 1.807) is 0 Å². The van der Waals surface area contributed by atoms with Crippen molar-refractivity contribution >= 4 is 11.9 Å². The van der Waals surface area contributed by atoms with Crippen molar-refractivity contribution in [3.05, 3.63) is 24.3 Å². The van der Waals surface area contributed by atoms with Crippen molar-refractivity contribution in [2.75, 3.05) is 6.61 Å². The largest absolute Gasteiger partial charge is 0.462 e. The number of amides is 1. The van der Waals surface area contributed by atoms with Crippen LogP contribution in [0.25, 0.3) is 0 Å². The van der Waals surface area contributed by atoms with Crippen LogP contribution < -0.4 is 5.32 Å². The molecule has 0 saturated heterocycles. The highest BCUT2D eigenvalue weighted by Crippen LogP contribution is 2.19. The van der Waals surface area contributed by atoms with Crippen molar-refractivity contribution in [3.8, 4) is 0 Å². The zero-order valence-corrected chi connectivity index (χ0v) is 43.9. The van der Waals surface area contributed by atoms with E-state index in [1.807, 2.05) is 0 Å². The molecule has 384 valence electrons. The van der Waals surface area contributed by atoms with E-state index in [-0.39, 0.29) is 24.9 Å². The lowest BCUT2D eigenvalue weighted by atomic mass is 10.0. The molecule has 0 bridgehead atoms. The summed E-state index contributed by atoms with van der Waals surface area (Å²) >= 11 is 0. The van der Waals surface area contributed by atoms with Crippen LogP contribution in [0.4, 0.5) is 0 Å². The topological polar surface area (TPSA) is 95.9 Å². The number of unbranched alkanes of at least 4 members (excludes halogenated alkanes) is 38. The molecule has 0 aliphatic heterocycles. The molecule has 0 aliphatic carbocycles. The van der Waals surface area contributed by atoms with Crippen LogP contribution in [0.15, 0.2) is 24.3 Å². The Kier molecular flexibility index (Phi) is 51.9. The minimum absolute atomic E-state index is 0.0732. The van der Waals surface area contributed by atoms with Gasteiger partial charge in [0.1, 0.15) is 6.10 Å². The summed E-state index contributed by atoms with van der Waals surface area (Å²) < 4.78 is 5.96. The second kappa shape index (κ2) is 53.3. The fourth-order valence-electron chi connectivity index (χ4n) is 9.13. The number of hydrogen-bond donors (Lipinski definition) is 3. The van der Waals surface area contributed by atoms with Gasteiger partial charge in [-0.25, -0.2) is 0 Å². The van der Waals surface area contributed by atoms with Crippen LogP contribution in [0.2, 0.25) is 0 Å². The molecule has 3 N–H and O–H groups in total. The van der Waals surface area contributed by atoms with Gasteiger partial charge < -0.3 is 20.3 Å². The summed E-state index contributed by atoms with van der Waals surface area (Å²) in [5.41, 5.74) is 0. The molecule has 1 amide bonds. The number of ether oxygens (including phenoxy) is 1. The predicted molar refractivity (Wildman–Crippen MR) is 283 cm³/mol. The zero-order chi connectivity index (χ0) is 47.4. The summed E-state index contributed by atoms with van der Waals surface area (Å²) in [6.45, 7) is 6.51. The van der Waals surface area contributed by atoms with Gasteiger partial charge in [-0.2, -0.15) is 0 Å². The van der Waals surface area contributed by atoms with Crippen molar-refractivity contribution in [1.82, 2.24) is 5.32 Å². The molecule has 0 heterocycles. The maximum atomic E-state index is 13.3. The number of rotatable bonds is 53. The van der Waals surface area contributed by atoms with E-state index in [1.165, 1.54) is 212 Å². The quantitative estimate of drug-likeness (QED) is 0.0321. The van der Waals surface area contributed by atoms with Gasteiger partial charge in [-0.3, -0.25) is 9.59 Å². The van der Waals surface area contributed by atoms with Gasteiger partial charge in [0.2, 0.25) is 5.91 Å². The highest BCUT2D eigenvalue weighted by Gasteiger charge is 2.24. The Morgan fingerprint density at radius 1 is 0.446 bits per heavy atom. The molecule has 3 unspecified atom stereocenters. The summed E-state index contributed by atoms with van der Waals surface area (Å²) in [4.78, 5) is 26.3. The first-order valence-corrected chi connectivity index (χ1v) is 29.1. The Labute approximate surface area is 405 Å². The van der Waals surface area contributed by atoms with E-state index in [0.29, 0.717) is 19.3 Å². The molecular weight excluding hydrogens is 803 g/mol. The highest BCUT2D eigenvalue weighted by atomic mass is 16.5. The molecule has 0 saturated carbocycles. The number of carbonyl (C=O) groups is 2. The summed E-state index contributed by atoms with van der Waals surface area (Å²) in [7, 11) is 0. The standard InChI is InChI=1S/C59H113NO5/c1-4-7-10-13-16-19-22-25-27-29-30-33-35-38-41-44-47-50-55(65-59(64)52-49-46-43-40-37-34-31-28-26-23-20-17-14-11-8-5-2)53-58(63)60-56(54-61)57(62)51-48-45-42-39-36-32-24-21-18-15-12-9-6-3/h28,31,34,37,55-57,61-62H,4-27,29-30,32-33,35-36,38-54H2,1-3H3,(H,60,63)/b31-28+,37-34+. The first kappa shape index (κ1) is 63.3. The fraction of sp³-hybridized carbons (Fsp3) is 0.898. The number of nitrogens with one attached hydrogen (secondary N) is 1. The van der Waals surface area contributed by atoms with E-state index >= 15 is 0 Å². The maximum Gasteiger partial charge on any atom is 0.306 e. The zero-order valence-electron chi connectivity index (χ0n) is 43.9. The number of aliphatic hydroxyl groups excluding tert-OH is 2. The number of carbonyl (C=O) groups excluding carboxylic acids is 2. The van der Waals surface area contributed by atoms with Gasteiger partial charge in [0.05, 0.1) is 25.2 Å². The van der Waals surface area contributed by atoms with Crippen molar-refractivity contribution in [3.63, 3.8) is 0 Å². The average molecular weight is 917 g/mol. The van der Waals surface area contributed by atoms with Gasteiger partial charge in [0, 0.05) is 6.42 Å². The molecule has 0 aromatic rings. The smallest absolute Gasteiger partial charge is 0.306 e. The van der Waals surface area contributed by atoms with Crippen LogP contribution in [-0.4, -0.2) is 46.9 Å². The Morgan fingerprint density at radius 3 is 1.14 bits per heavy atom. The Morgan fingerprint density at radius 2 is 0.769 bits per heavy atom. The fourth-order valence-corrected chi connectivity index (χ4v) is 9.13. The monoisotopic (exact) mass is 916 g/mol. The predicted octanol–water partition coefficient (Wildman–Crippen LogP) is 17.9. The van der Waals surface area contributed by atoms with Gasteiger partial charge in [-0.05, 0) is 51.4 Å². The molecule has 0 rings (SSSR count). The van der Waals surface area contributed by atoms with E-state index in [2.05, 4.69) is 50.4 Å². The van der Waals surface area contributed by atoms with E-state index in [4.69, 9.17) is 4.74 Å². The lowest BCUT2D eigenvalue weighted by molar-refractivity contribution is -0.151. The molecule has 0 aliphatic rings. The summed E-state index contributed by atoms with van der Waals surface area (Å²) in [5.74, 6) is -0.485. The van der Waals surface area contributed by atoms with Gasteiger partial charge in [-0.1, -0.05) is 276 Å². The Balaban J connectivity index is 4.57. The summed E-state index contributed by atoms with van der Waals surface area (Å²) in [6, 6.07) is -0.703. The Bertz CT molecular complexity index is 1030. The highest BCUT2D eigenvalue weighted by molar-refractivity contribution is 5.77. The SMILES string of the molecule is CCCCCCCCC/C=C/C=C/CCCCCC(=O)OC(CCCCCCCCCCCCCCCCCCC)CC(=O)NC(CO)C(O)CCCCCCCCCCCCCCC. The third-order valence-electron chi connectivity index (χ3n) is 13.6. The first-order chi connectivity index (χ1) is 32.0. The van der Waals surface area contributed by atoms with Crippen molar-refractivity contribution in [1.29, 1.82) is 0 Å². The van der Waals surface area contributed by atoms with Crippen LogP contribution in [0.3, 0.4) is 0 Å². The molecule has 0 fully saturated rings. The summed E-state index contributed by atoms with van der Waals surface area (Å²) in [5, 5.41) is 23.9. The number of allylic oxidation sites excluding steroid dienone is 4.